The topological polar surface area (TPSA) is 46.2 Å². The lowest BCUT2D eigenvalue weighted by Crippen LogP contribution is -2.36. The summed E-state index contributed by atoms with van der Waals surface area (Å²) in [5.74, 6) is 0. The van der Waals surface area contributed by atoms with E-state index >= 15 is 0 Å². The maximum absolute atomic E-state index is 8.97. The van der Waals surface area contributed by atoms with Crippen LogP contribution in [-0.2, 0) is 5.54 Å². The third-order valence-corrected chi connectivity index (χ3v) is 2.05. The molecule has 0 saturated carbocycles. The van der Waals surface area contributed by atoms with Crippen molar-refractivity contribution in [1.82, 2.24) is 0 Å². The summed E-state index contributed by atoms with van der Waals surface area (Å²) < 4.78 is 0. The van der Waals surface area contributed by atoms with Gasteiger partial charge >= 0.3 is 0 Å². The summed E-state index contributed by atoms with van der Waals surface area (Å²) in [5.41, 5.74) is 5.94. The SMILES string of the molecule is CC(N)(CO)c1cccc(Cl)c1. The number of rotatable bonds is 2. The van der Waals surface area contributed by atoms with E-state index in [2.05, 4.69) is 0 Å². The van der Waals surface area contributed by atoms with Gasteiger partial charge in [0.15, 0.2) is 0 Å². The second-order valence-corrected chi connectivity index (χ2v) is 3.52. The summed E-state index contributed by atoms with van der Waals surface area (Å²) in [6, 6.07) is 7.21. The van der Waals surface area contributed by atoms with Crippen LogP contribution in [0.15, 0.2) is 24.3 Å². The average Bonchev–Trinajstić information content (AvgIpc) is 2.05. The molecule has 1 aromatic carbocycles. The Bertz CT molecular complexity index is 273. The smallest absolute Gasteiger partial charge is 0.0650 e. The van der Waals surface area contributed by atoms with Crippen molar-refractivity contribution in [3.8, 4) is 0 Å². The number of aliphatic hydroxyl groups is 1. The van der Waals surface area contributed by atoms with Crippen molar-refractivity contribution >= 4 is 11.6 Å². The van der Waals surface area contributed by atoms with E-state index in [4.69, 9.17) is 22.4 Å². The van der Waals surface area contributed by atoms with Crippen LogP contribution in [0.4, 0.5) is 0 Å². The van der Waals surface area contributed by atoms with Crippen molar-refractivity contribution < 1.29 is 5.11 Å². The number of hydrogen-bond donors (Lipinski definition) is 2. The highest BCUT2D eigenvalue weighted by molar-refractivity contribution is 6.30. The van der Waals surface area contributed by atoms with Gasteiger partial charge in [0.05, 0.1) is 12.1 Å². The summed E-state index contributed by atoms with van der Waals surface area (Å²) >= 11 is 5.77. The van der Waals surface area contributed by atoms with Gasteiger partial charge in [-0.3, -0.25) is 0 Å². The van der Waals surface area contributed by atoms with Gasteiger partial charge in [-0.25, -0.2) is 0 Å². The molecule has 0 heterocycles. The summed E-state index contributed by atoms with van der Waals surface area (Å²) in [7, 11) is 0. The van der Waals surface area contributed by atoms with Gasteiger partial charge in [0.1, 0.15) is 0 Å². The Labute approximate surface area is 77.0 Å². The van der Waals surface area contributed by atoms with E-state index in [0.717, 1.165) is 5.56 Å². The molecule has 0 amide bonds. The van der Waals surface area contributed by atoms with Crippen LogP contribution in [-0.4, -0.2) is 11.7 Å². The Morgan fingerprint density at radius 3 is 2.75 bits per heavy atom. The minimum Gasteiger partial charge on any atom is -0.394 e. The van der Waals surface area contributed by atoms with Crippen LogP contribution in [0.25, 0.3) is 0 Å². The number of benzene rings is 1. The Morgan fingerprint density at radius 1 is 1.58 bits per heavy atom. The van der Waals surface area contributed by atoms with Crippen molar-refractivity contribution in [1.29, 1.82) is 0 Å². The van der Waals surface area contributed by atoms with E-state index < -0.39 is 5.54 Å². The number of nitrogens with two attached hydrogens (primary N) is 1. The van der Waals surface area contributed by atoms with Gasteiger partial charge in [-0.1, -0.05) is 23.7 Å². The first-order valence-corrected chi connectivity index (χ1v) is 4.10. The van der Waals surface area contributed by atoms with E-state index in [1.807, 2.05) is 12.1 Å². The first-order chi connectivity index (χ1) is 5.56. The predicted octanol–water partition coefficient (Wildman–Crippen LogP) is 1.51. The molecule has 1 unspecified atom stereocenters. The molecule has 3 heteroatoms. The van der Waals surface area contributed by atoms with Crippen LogP contribution in [0.3, 0.4) is 0 Å². The monoisotopic (exact) mass is 185 g/mol. The molecule has 0 aliphatic carbocycles. The molecule has 1 atom stereocenters. The fourth-order valence-corrected chi connectivity index (χ4v) is 1.13. The van der Waals surface area contributed by atoms with Gasteiger partial charge in [-0.05, 0) is 24.6 Å². The van der Waals surface area contributed by atoms with Gasteiger partial charge in [0.2, 0.25) is 0 Å². The fourth-order valence-electron chi connectivity index (χ4n) is 0.935. The molecule has 0 radical (unpaired) electrons. The Balaban J connectivity index is 3.03. The first-order valence-electron chi connectivity index (χ1n) is 3.72. The van der Waals surface area contributed by atoms with Crippen LogP contribution in [0.5, 0.6) is 0 Å². The van der Waals surface area contributed by atoms with E-state index in [0.29, 0.717) is 5.02 Å². The molecule has 0 saturated heterocycles. The van der Waals surface area contributed by atoms with Crippen LogP contribution in [0, 0.1) is 0 Å². The maximum atomic E-state index is 8.97. The van der Waals surface area contributed by atoms with Gasteiger partial charge in [0, 0.05) is 5.02 Å². The molecule has 66 valence electrons. The average molecular weight is 186 g/mol. The zero-order valence-corrected chi connectivity index (χ0v) is 7.67. The van der Waals surface area contributed by atoms with Crippen LogP contribution >= 0.6 is 11.6 Å². The molecule has 1 aromatic rings. The lowest BCUT2D eigenvalue weighted by molar-refractivity contribution is 0.210. The van der Waals surface area contributed by atoms with Crippen molar-refractivity contribution in [3.05, 3.63) is 34.9 Å². The highest BCUT2D eigenvalue weighted by Gasteiger charge is 2.19. The zero-order chi connectivity index (χ0) is 9.19. The Morgan fingerprint density at radius 2 is 2.25 bits per heavy atom. The molecule has 0 aliphatic heterocycles. The summed E-state index contributed by atoms with van der Waals surface area (Å²) in [6.07, 6.45) is 0. The van der Waals surface area contributed by atoms with Crippen molar-refractivity contribution in [2.24, 2.45) is 5.73 Å². The quantitative estimate of drug-likeness (QED) is 0.734. The molecular formula is C9H12ClNO. The van der Waals surface area contributed by atoms with Gasteiger partial charge < -0.3 is 10.8 Å². The van der Waals surface area contributed by atoms with Crippen LogP contribution in [0.1, 0.15) is 12.5 Å². The van der Waals surface area contributed by atoms with E-state index in [-0.39, 0.29) is 6.61 Å². The van der Waals surface area contributed by atoms with E-state index in [1.54, 1.807) is 19.1 Å². The van der Waals surface area contributed by atoms with Gasteiger partial charge in [-0.15, -0.1) is 0 Å². The molecule has 2 nitrogen and oxygen atoms in total. The highest BCUT2D eigenvalue weighted by Crippen LogP contribution is 2.20. The maximum Gasteiger partial charge on any atom is 0.0650 e. The normalized spacial score (nSPS) is 15.7. The zero-order valence-electron chi connectivity index (χ0n) is 6.92. The van der Waals surface area contributed by atoms with E-state index in [1.165, 1.54) is 0 Å². The van der Waals surface area contributed by atoms with Crippen molar-refractivity contribution in [2.75, 3.05) is 6.61 Å². The van der Waals surface area contributed by atoms with Gasteiger partial charge in [0.25, 0.3) is 0 Å². The summed E-state index contributed by atoms with van der Waals surface area (Å²) in [5, 5.41) is 9.61. The second-order valence-electron chi connectivity index (χ2n) is 3.09. The molecule has 0 spiro atoms. The van der Waals surface area contributed by atoms with Crippen molar-refractivity contribution in [3.63, 3.8) is 0 Å². The minimum atomic E-state index is -0.703. The lowest BCUT2D eigenvalue weighted by atomic mass is 9.94. The standard InChI is InChI=1S/C9H12ClNO/c1-9(11,6-12)7-3-2-4-8(10)5-7/h2-5,12H,6,11H2,1H3. The summed E-state index contributed by atoms with van der Waals surface area (Å²) in [6.45, 7) is 1.67. The molecule has 0 aliphatic rings. The molecule has 0 bridgehead atoms. The molecule has 3 N–H and O–H groups in total. The minimum absolute atomic E-state index is 0.0899. The lowest BCUT2D eigenvalue weighted by Gasteiger charge is -2.22. The second kappa shape index (κ2) is 3.44. The first kappa shape index (κ1) is 9.52. The van der Waals surface area contributed by atoms with Crippen LogP contribution < -0.4 is 5.73 Å². The third kappa shape index (κ3) is 1.97. The van der Waals surface area contributed by atoms with E-state index in [9.17, 15) is 0 Å². The third-order valence-electron chi connectivity index (χ3n) is 1.81. The van der Waals surface area contributed by atoms with Gasteiger partial charge in [-0.2, -0.15) is 0 Å². The molecule has 1 rings (SSSR count). The Hall–Kier alpha value is -0.570. The molecule has 0 fully saturated rings. The highest BCUT2D eigenvalue weighted by atomic mass is 35.5. The van der Waals surface area contributed by atoms with Crippen LogP contribution in [0.2, 0.25) is 5.02 Å². The number of hydrogen-bond acceptors (Lipinski definition) is 2. The predicted molar refractivity (Wildman–Crippen MR) is 50.1 cm³/mol. The summed E-state index contributed by atoms with van der Waals surface area (Å²) in [4.78, 5) is 0. The number of aliphatic hydroxyl groups excluding tert-OH is 1. The molecule has 0 aromatic heterocycles. The Kier molecular flexibility index (Phi) is 2.73. The fraction of sp³-hybridized carbons (Fsp3) is 0.333. The van der Waals surface area contributed by atoms with Crippen molar-refractivity contribution in [2.45, 2.75) is 12.5 Å². The molecular weight excluding hydrogens is 174 g/mol. The largest absolute Gasteiger partial charge is 0.394 e. The number of halogens is 1. The molecule has 12 heavy (non-hydrogen) atoms.